The molecule has 3 nitrogen and oxygen atoms in total. The molecule has 1 amide bonds. The summed E-state index contributed by atoms with van der Waals surface area (Å²) >= 11 is 0. The largest absolute Gasteiger partial charge is 0.493 e. The summed E-state index contributed by atoms with van der Waals surface area (Å²) in [4.78, 5) is 14.1. The number of aryl methyl sites for hydroxylation is 1. The summed E-state index contributed by atoms with van der Waals surface area (Å²) in [6.07, 6.45) is 2.55. The number of ether oxygens (including phenoxy) is 1. The molecule has 3 heteroatoms. The number of hydrogen-bond donors (Lipinski definition) is 0. The molecule has 0 atom stereocenters. The summed E-state index contributed by atoms with van der Waals surface area (Å²) in [5, 5.41) is 0. The van der Waals surface area contributed by atoms with E-state index in [-0.39, 0.29) is 5.91 Å². The van der Waals surface area contributed by atoms with E-state index < -0.39 is 0 Å². The van der Waals surface area contributed by atoms with Crippen LogP contribution in [0.3, 0.4) is 0 Å². The maximum atomic E-state index is 12.3. The standard InChI is InChI=1S/C16H23NO2/c1-4-17(5-2)16(18)14-9-6-12(3)15(10-14)19-11-13-7-8-13/h6,9-10,13H,4-5,7-8,11H2,1-3H3. The number of benzene rings is 1. The number of carbonyl (C=O) groups is 1. The second kappa shape index (κ2) is 6.09. The van der Waals surface area contributed by atoms with Gasteiger partial charge in [0, 0.05) is 18.7 Å². The summed E-state index contributed by atoms with van der Waals surface area (Å²) in [6, 6.07) is 5.75. The highest BCUT2D eigenvalue weighted by Gasteiger charge is 2.22. The molecule has 0 unspecified atom stereocenters. The second-order valence-corrected chi connectivity index (χ2v) is 5.21. The van der Waals surface area contributed by atoms with E-state index in [1.54, 1.807) is 0 Å². The lowest BCUT2D eigenvalue weighted by atomic mass is 10.1. The molecule has 1 aliphatic carbocycles. The van der Waals surface area contributed by atoms with Crippen LogP contribution >= 0.6 is 0 Å². The summed E-state index contributed by atoms with van der Waals surface area (Å²) < 4.78 is 5.83. The lowest BCUT2D eigenvalue weighted by Gasteiger charge is -2.19. The Labute approximate surface area is 115 Å². The minimum absolute atomic E-state index is 0.0845. The Morgan fingerprint density at radius 1 is 1.32 bits per heavy atom. The molecular weight excluding hydrogens is 238 g/mol. The first kappa shape index (κ1) is 13.9. The van der Waals surface area contributed by atoms with Gasteiger partial charge in [-0.05, 0) is 57.2 Å². The van der Waals surface area contributed by atoms with Crippen molar-refractivity contribution in [3.8, 4) is 5.75 Å². The van der Waals surface area contributed by atoms with E-state index >= 15 is 0 Å². The zero-order valence-electron chi connectivity index (χ0n) is 12.1. The average molecular weight is 261 g/mol. The van der Waals surface area contributed by atoms with Gasteiger partial charge in [0.1, 0.15) is 5.75 Å². The third kappa shape index (κ3) is 3.49. The van der Waals surface area contributed by atoms with Gasteiger partial charge in [0.25, 0.3) is 5.91 Å². The fourth-order valence-electron chi connectivity index (χ4n) is 2.07. The predicted octanol–water partition coefficient (Wildman–Crippen LogP) is 3.27. The monoisotopic (exact) mass is 261 g/mol. The predicted molar refractivity (Wildman–Crippen MR) is 76.6 cm³/mol. The normalized spacial score (nSPS) is 14.3. The van der Waals surface area contributed by atoms with Gasteiger partial charge in [0.15, 0.2) is 0 Å². The lowest BCUT2D eigenvalue weighted by molar-refractivity contribution is 0.0772. The molecule has 0 N–H and O–H groups in total. The first-order valence-corrected chi connectivity index (χ1v) is 7.18. The molecule has 0 spiro atoms. The molecule has 0 saturated heterocycles. The van der Waals surface area contributed by atoms with Crippen LogP contribution in [-0.4, -0.2) is 30.5 Å². The van der Waals surface area contributed by atoms with Crippen LogP contribution in [0.25, 0.3) is 0 Å². The minimum atomic E-state index is 0.0845. The minimum Gasteiger partial charge on any atom is -0.493 e. The highest BCUT2D eigenvalue weighted by atomic mass is 16.5. The molecule has 1 fully saturated rings. The van der Waals surface area contributed by atoms with Gasteiger partial charge in [-0.2, -0.15) is 0 Å². The Hall–Kier alpha value is -1.51. The number of rotatable bonds is 6. The number of nitrogens with zero attached hydrogens (tertiary/aromatic N) is 1. The van der Waals surface area contributed by atoms with Crippen molar-refractivity contribution in [1.82, 2.24) is 4.90 Å². The van der Waals surface area contributed by atoms with Crippen LogP contribution in [0, 0.1) is 12.8 Å². The maximum absolute atomic E-state index is 12.3. The van der Waals surface area contributed by atoms with Crippen LogP contribution in [0.1, 0.15) is 42.6 Å². The number of carbonyl (C=O) groups excluding carboxylic acids is 1. The molecule has 0 aliphatic heterocycles. The van der Waals surface area contributed by atoms with E-state index in [4.69, 9.17) is 4.74 Å². The van der Waals surface area contributed by atoms with Crippen molar-refractivity contribution in [1.29, 1.82) is 0 Å². The molecule has 0 aromatic heterocycles. The smallest absolute Gasteiger partial charge is 0.253 e. The van der Waals surface area contributed by atoms with Gasteiger partial charge in [0.2, 0.25) is 0 Å². The Morgan fingerprint density at radius 2 is 2.00 bits per heavy atom. The molecule has 104 valence electrons. The van der Waals surface area contributed by atoms with E-state index in [2.05, 4.69) is 0 Å². The van der Waals surface area contributed by atoms with Crippen molar-refractivity contribution >= 4 is 5.91 Å². The molecular formula is C16H23NO2. The highest BCUT2D eigenvalue weighted by Crippen LogP contribution is 2.30. The Kier molecular flexibility index (Phi) is 4.46. The van der Waals surface area contributed by atoms with Gasteiger partial charge in [-0.25, -0.2) is 0 Å². The second-order valence-electron chi connectivity index (χ2n) is 5.21. The summed E-state index contributed by atoms with van der Waals surface area (Å²) in [5.74, 6) is 1.66. The SMILES string of the molecule is CCN(CC)C(=O)c1ccc(C)c(OCC2CC2)c1. The van der Waals surface area contributed by atoms with Crippen LogP contribution in [0.2, 0.25) is 0 Å². The Morgan fingerprint density at radius 3 is 2.58 bits per heavy atom. The van der Waals surface area contributed by atoms with E-state index in [1.165, 1.54) is 12.8 Å². The van der Waals surface area contributed by atoms with E-state index in [9.17, 15) is 4.79 Å². The van der Waals surface area contributed by atoms with Gasteiger partial charge in [-0.1, -0.05) is 6.07 Å². The van der Waals surface area contributed by atoms with Crippen LogP contribution in [0.4, 0.5) is 0 Å². The first-order chi connectivity index (χ1) is 9.15. The molecule has 1 aromatic carbocycles. The van der Waals surface area contributed by atoms with Gasteiger partial charge in [-0.3, -0.25) is 4.79 Å². The topological polar surface area (TPSA) is 29.5 Å². The van der Waals surface area contributed by atoms with Crippen LogP contribution in [0.15, 0.2) is 18.2 Å². The maximum Gasteiger partial charge on any atom is 0.253 e. The van der Waals surface area contributed by atoms with Crippen molar-refractivity contribution in [2.75, 3.05) is 19.7 Å². The highest BCUT2D eigenvalue weighted by molar-refractivity contribution is 5.94. The molecule has 19 heavy (non-hydrogen) atoms. The third-order valence-electron chi connectivity index (χ3n) is 3.66. The van der Waals surface area contributed by atoms with Crippen LogP contribution in [0.5, 0.6) is 5.75 Å². The Bertz CT molecular complexity index is 448. The number of hydrogen-bond acceptors (Lipinski definition) is 2. The summed E-state index contributed by atoms with van der Waals surface area (Å²) in [7, 11) is 0. The zero-order chi connectivity index (χ0) is 13.8. The van der Waals surface area contributed by atoms with E-state index in [0.717, 1.165) is 42.5 Å². The third-order valence-corrected chi connectivity index (χ3v) is 3.66. The summed E-state index contributed by atoms with van der Waals surface area (Å²) in [5.41, 5.74) is 1.82. The van der Waals surface area contributed by atoms with Gasteiger partial charge in [-0.15, -0.1) is 0 Å². The van der Waals surface area contributed by atoms with Gasteiger partial charge >= 0.3 is 0 Å². The van der Waals surface area contributed by atoms with Crippen molar-refractivity contribution in [2.45, 2.75) is 33.6 Å². The van der Waals surface area contributed by atoms with Gasteiger partial charge in [0.05, 0.1) is 6.61 Å². The molecule has 1 saturated carbocycles. The van der Waals surface area contributed by atoms with E-state index in [1.807, 2.05) is 43.9 Å². The van der Waals surface area contributed by atoms with Crippen molar-refractivity contribution < 1.29 is 9.53 Å². The van der Waals surface area contributed by atoms with Crippen molar-refractivity contribution in [3.63, 3.8) is 0 Å². The fraction of sp³-hybridized carbons (Fsp3) is 0.562. The average Bonchev–Trinajstić information content (AvgIpc) is 3.23. The van der Waals surface area contributed by atoms with Crippen molar-refractivity contribution in [3.05, 3.63) is 29.3 Å². The van der Waals surface area contributed by atoms with E-state index in [0.29, 0.717) is 0 Å². The summed E-state index contributed by atoms with van der Waals surface area (Å²) in [6.45, 7) is 8.28. The molecule has 2 rings (SSSR count). The Balaban J connectivity index is 2.11. The molecule has 0 bridgehead atoms. The van der Waals surface area contributed by atoms with Crippen molar-refractivity contribution in [2.24, 2.45) is 5.92 Å². The first-order valence-electron chi connectivity index (χ1n) is 7.18. The molecule has 0 radical (unpaired) electrons. The molecule has 1 aromatic rings. The molecule has 1 aliphatic rings. The van der Waals surface area contributed by atoms with Crippen LogP contribution < -0.4 is 4.74 Å². The molecule has 0 heterocycles. The quantitative estimate of drug-likeness (QED) is 0.786. The number of amides is 1. The fourth-order valence-corrected chi connectivity index (χ4v) is 2.07. The zero-order valence-corrected chi connectivity index (χ0v) is 12.1. The van der Waals surface area contributed by atoms with Gasteiger partial charge < -0.3 is 9.64 Å². The lowest BCUT2D eigenvalue weighted by Crippen LogP contribution is -2.30. The van der Waals surface area contributed by atoms with Crippen LogP contribution in [-0.2, 0) is 0 Å².